The second-order valence-corrected chi connectivity index (χ2v) is 10.0. The standard InChI is InChI=1S/C26H37N3O3/c1-19(2)20-6-8-21(9-7-20)26(30,25(3)17-28(4)18-25)22-12-23(14-27-13-22)29-10-11-32-24(15-29)16-31-5/h6-9,12-14,19,24,30H,10-11,15-18H2,1-5H3. The first-order chi connectivity index (χ1) is 15.3. The van der Waals surface area contributed by atoms with Crippen LogP contribution in [0.25, 0.3) is 0 Å². The molecular formula is C26H37N3O3. The molecule has 6 heteroatoms. The number of nitrogens with zero attached hydrogens (tertiary/aromatic N) is 3. The fraction of sp³-hybridized carbons (Fsp3) is 0.577. The van der Waals surface area contributed by atoms with Gasteiger partial charge in [-0.3, -0.25) is 4.98 Å². The Morgan fingerprint density at radius 2 is 1.94 bits per heavy atom. The van der Waals surface area contributed by atoms with Crippen LogP contribution in [0.5, 0.6) is 0 Å². The van der Waals surface area contributed by atoms with Crippen LogP contribution in [0, 0.1) is 5.41 Å². The van der Waals surface area contributed by atoms with Gasteiger partial charge in [0.2, 0.25) is 0 Å². The monoisotopic (exact) mass is 439 g/mol. The van der Waals surface area contributed by atoms with E-state index in [2.05, 4.69) is 72.9 Å². The number of ether oxygens (including phenoxy) is 2. The first kappa shape index (κ1) is 23.2. The van der Waals surface area contributed by atoms with Gasteiger partial charge in [0.05, 0.1) is 31.2 Å². The fourth-order valence-corrected chi connectivity index (χ4v) is 5.39. The Balaban J connectivity index is 1.71. The first-order valence-corrected chi connectivity index (χ1v) is 11.6. The van der Waals surface area contributed by atoms with Crippen molar-refractivity contribution >= 4 is 5.69 Å². The molecule has 0 bridgehead atoms. The summed E-state index contributed by atoms with van der Waals surface area (Å²) in [5, 5.41) is 12.4. The maximum atomic E-state index is 12.4. The third kappa shape index (κ3) is 4.17. The lowest BCUT2D eigenvalue weighted by Gasteiger charge is -2.56. The third-order valence-electron chi connectivity index (χ3n) is 7.10. The van der Waals surface area contributed by atoms with Crippen LogP contribution in [0.15, 0.2) is 42.7 Å². The van der Waals surface area contributed by atoms with Gasteiger partial charge in [0, 0.05) is 50.5 Å². The van der Waals surface area contributed by atoms with Gasteiger partial charge >= 0.3 is 0 Å². The van der Waals surface area contributed by atoms with Crippen molar-refractivity contribution < 1.29 is 14.6 Å². The Bertz CT molecular complexity index is 909. The van der Waals surface area contributed by atoms with Crippen LogP contribution in [0.4, 0.5) is 5.69 Å². The van der Waals surface area contributed by atoms with Gasteiger partial charge in [-0.25, -0.2) is 0 Å². The zero-order valence-corrected chi connectivity index (χ0v) is 20.0. The zero-order chi connectivity index (χ0) is 22.9. The number of rotatable bonds is 7. The highest BCUT2D eigenvalue weighted by molar-refractivity contribution is 5.51. The SMILES string of the molecule is COCC1CN(c2cncc(C(O)(c3ccc(C(C)C)cc3)C3(C)CN(C)C3)c2)CCO1. The van der Waals surface area contributed by atoms with Crippen molar-refractivity contribution in [3.8, 4) is 0 Å². The number of hydrogen-bond acceptors (Lipinski definition) is 6. The molecule has 1 aromatic carbocycles. The average Bonchev–Trinajstić information content (AvgIpc) is 2.78. The summed E-state index contributed by atoms with van der Waals surface area (Å²) in [7, 11) is 3.80. The summed E-state index contributed by atoms with van der Waals surface area (Å²) in [5.74, 6) is 0.453. The Morgan fingerprint density at radius 1 is 1.22 bits per heavy atom. The number of methoxy groups -OCH3 is 1. The van der Waals surface area contributed by atoms with E-state index in [4.69, 9.17) is 9.47 Å². The molecule has 6 nitrogen and oxygen atoms in total. The molecular weight excluding hydrogens is 402 g/mol. The second-order valence-electron chi connectivity index (χ2n) is 10.0. The van der Waals surface area contributed by atoms with Crippen molar-refractivity contribution in [3.63, 3.8) is 0 Å². The average molecular weight is 440 g/mol. The Hall–Kier alpha value is -1.99. The smallest absolute Gasteiger partial charge is 0.124 e. The van der Waals surface area contributed by atoms with Gasteiger partial charge in [-0.1, -0.05) is 45.0 Å². The van der Waals surface area contributed by atoms with E-state index >= 15 is 0 Å². The van der Waals surface area contributed by atoms with Gasteiger partial charge in [-0.05, 0) is 30.2 Å². The minimum atomic E-state index is -1.13. The summed E-state index contributed by atoms with van der Waals surface area (Å²) < 4.78 is 11.1. The number of anilines is 1. The highest BCUT2D eigenvalue weighted by atomic mass is 16.5. The van der Waals surface area contributed by atoms with Gasteiger partial charge in [-0.15, -0.1) is 0 Å². The van der Waals surface area contributed by atoms with Crippen LogP contribution < -0.4 is 4.90 Å². The highest BCUT2D eigenvalue weighted by Crippen LogP contribution is 2.50. The van der Waals surface area contributed by atoms with Crippen molar-refractivity contribution in [1.82, 2.24) is 9.88 Å². The van der Waals surface area contributed by atoms with Crippen LogP contribution in [-0.2, 0) is 15.1 Å². The van der Waals surface area contributed by atoms with Gasteiger partial charge < -0.3 is 24.4 Å². The summed E-state index contributed by atoms with van der Waals surface area (Å²) in [6, 6.07) is 10.6. The number of morpholine rings is 1. The number of benzene rings is 1. The highest BCUT2D eigenvalue weighted by Gasteiger charge is 2.55. The molecule has 2 aromatic rings. The molecule has 0 amide bonds. The first-order valence-electron chi connectivity index (χ1n) is 11.6. The Labute approximate surface area is 192 Å². The molecule has 2 atom stereocenters. The molecule has 2 unspecified atom stereocenters. The Kier molecular flexibility index (Phi) is 6.59. The van der Waals surface area contributed by atoms with Crippen LogP contribution in [0.3, 0.4) is 0 Å². The molecule has 174 valence electrons. The molecule has 4 rings (SSSR count). The second kappa shape index (κ2) is 9.10. The maximum Gasteiger partial charge on any atom is 0.124 e. The van der Waals surface area contributed by atoms with Gasteiger partial charge in [0.1, 0.15) is 5.60 Å². The Morgan fingerprint density at radius 3 is 2.56 bits per heavy atom. The lowest BCUT2D eigenvalue weighted by Crippen LogP contribution is -2.63. The topological polar surface area (TPSA) is 58.1 Å². The molecule has 1 N–H and O–H groups in total. The van der Waals surface area contributed by atoms with Crippen LogP contribution in [0.1, 0.15) is 43.4 Å². The van der Waals surface area contributed by atoms with Crippen molar-refractivity contribution in [2.75, 3.05) is 58.5 Å². The van der Waals surface area contributed by atoms with Crippen LogP contribution >= 0.6 is 0 Å². The van der Waals surface area contributed by atoms with Crippen molar-refractivity contribution in [1.29, 1.82) is 0 Å². The summed E-state index contributed by atoms with van der Waals surface area (Å²) in [6.45, 7) is 11.0. The molecule has 32 heavy (non-hydrogen) atoms. The minimum Gasteiger partial charge on any atom is -0.382 e. The third-order valence-corrected chi connectivity index (χ3v) is 7.10. The van der Waals surface area contributed by atoms with E-state index in [0.29, 0.717) is 19.1 Å². The number of hydrogen-bond donors (Lipinski definition) is 1. The fourth-order valence-electron chi connectivity index (χ4n) is 5.39. The van der Waals surface area contributed by atoms with Crippen molar-refractivity contribution in [3.05, 3.63) is 59.4 Å². The summed E-state index contributed by atoms with van der Waals surface area (Å²) in [4.78, 5) is 9.10. The van der Waals surface area contributed by atoms with E-state index < -0.39 is 5.60 Å². The largest absolute Gasteiger partial charge is 0.382 e. The van der Waals surface area contributed by atoms with Crippen molar-refractivity contribution in [2.24, 2.45) is 5.41 Å². The lowest BCUT2D eigenvalue weighted by molar-refractivity contribution is -0.127. The minimum absolute atomic E-state index is 0.0395. The summed E-state index contributed by atoms with van der Waals surface area (Å²) >= 11 is 0. The number of aromatic nitrogens is 1. The van der Waals surface area contributed by atoms with E-state index in [1.165, 1.54) is 5.56 Å². The molecule has 0 radical (unpaired) electrons. The molecule has 0 saturated carbocycles. The number of aliphatic hydroxyl groups is 1. The zero-order valence-electron chi connectivity index (χ0n) is 20.0. The molecule has 1 aromatic heterocycles. The van der Waals surface area contributed by atoms with E-state index in [1.807, 2.05) is 12.4 Å². The quantitative estimate of drug-likeness (QED) is 0.715. The normalized spacial score (nSPS) is 23.1. The van der Waals surface area contributed by atoms with Gasteiger partial charge in [-0.2, -0.15) is 0 Å². The predicted octanol–water partition coefficient (Wildman–Crippen LogP) is 3.24. The van der Waals surface area contributed by atoms with E-state index in [0.717, 1.165) is 43.0 Å². The molecule has 0 spiro atoms. The number of likely N-dealkylation sites (tertiary alicyclic amines) is 1. The van der Waals surface area contributed by atoms with E-state index in [-0.39, 0.29) is 11.5 Å². The molecule has 2 fully saturated rings. The predicted molar refractivity (Wildman–Crippen MR) is 127 cm³/mol. The molecule has 2 saturated heterocycles. The van der Waals surface area contributed by atoms with E-state index in [1.54, 1.807) is 7.11 Å². The lowest BCUT2D eigenvalue weighted by atomic mass is 9.62. The molecule has 3 heterocycles. The number of pyridine rings is 1. The van der Waals surface area contributed by atoms with Crippen molar-refractivity contribution in [2.45, 2.75) is 38.4 Å². The van der Waals surface area contributed by atoms with Crippen LogP contribution in [0.2, 0.25) is 0 Å². The summed E-state index contributed by atoms with van der Waals surface area (Å²) in [6.07, 6.45) is 3.75. The maximum absolute atomic E-state index is 12.4. The molecule has 2 aliphatic heterocycles. The van der Waals surface area contributed by atoms with Gasteiger partial charge in [0.25, 0.3) is 0 Å². The van der Waals surface area contributed by atoms with Gasteiger partial charge in [0.15, 0.2) is 0 Å². The summed E-state index contributed by atoms with van der Waals surface area (Å²) in [5.41, 5.74) is 2.63. The molecule has 2 aliphatic rings. The molecule has 0 aliphatic carbocycles. The van der Waals surface area contributed by atoms with E-state index in [9.17, 15) is 5.11 Å². The van der Waals surface area contributed by atoms with Crippen LogP contribution in [-0.4, -0.2) is 74.6 Å².